The van der Waals surface area contributed by atoms with E-state index < -0.39 is 0 Å². The van der Waals surface area contributed by atoms with Gasteiger partial charge in [-0.2, -0.15) is 9.97 Å². The molecule has 3 N–H and O–H groups in total. The topological polar surface area (TPSA) is 89.9 Å². The van der Waals surface area contributed by atoms with E-state index in [2.05, 4.69) is 20.3 Å². The van der Waals surface area contributed by atoms with Gasteiger partial charge in [-0.05, 0) is 13.8 Å². The van der Waals surface area contributed by atoms with Crippen molar-refractivity contribution in [1.82, 2.24) is 15.0 Å². The van der Waals surface area contributed by atoms with Crippen molar-refractivity contribution in [2.45, 2.75) is 26.8 Å². The molecule has 0 saturated heterocycles. The number of oxazole rings is 1. The molecule has 6 heteroatoms. The average Bonchev–Trinajstić information content (AvgIpc) is 2.56. The van der Waals surface area contributed by atoms with Crippen LogP contribution in [0.1, 0.15) is 18.5 Å². The Labute approximate surface area is 93.3 Å². The molecule has 86 valence electrons. The zero-order valence-electron chi connectivity index (χ0n) is 9.61. The Bertz CT molecular complexity index is 505. The minimum atomic E-state index is 0.0543. The van der Waals surface area contributed by atoms with Crippen LogP contribution in [0.15, 0.2) is 4.42 Å². The Hall–Kier alpha value is -1.69. The number of aromatic nitrogens is 3. The lowest BCUT2D eigenvalue weighted by Gasteiger charge is -2.07. The summed E-state index contributed by atoms with van der Waals surface area (Å²) in [5.41, 5.74) is 7.64. The van der Waals surface area contributed by atoms with Gasteiger partial charge < -0.3 is 15.5 Å². The summed E-state index contributed by atoms with van der Waals surface area (Å²) in [5.74, 6) is 1.13. The number of nitrogens with one attached hydrogen (secondary N) is 1. The van der Waals surface area contributed by atoms with Crippen LogP contribution in [0.25, 0.3) is 11.2 Å². The van der Waals surface area contributed by atoms with Crippen LogP contribution < -0.4 is 11.1 Å². The maximum Gasteiger partial charge on any atom is 0.225 e. The molecule has 1 atom stereocenters. The van der Waals surface area contributed by atoms with Gasteiger partial charge in [0, 0.05) is 19.5 Å². The zero-order valence-corrected chi connectivity index (χ0v) is 9.61. The van der Waals surface area contributed by atoms with Crippen molar-refractivity contribution in [3.8, 4) is 0 Å². The molecule has 0 radical (unpaired) electrons. The highest BCUT2D eigenvalue weighted by molar-refractivity contribution is 5.71. The third kappa shape index (κ3) is 2.11. The summed E-state index contributed by atoms with van der Waals surface area (Å²) < 4.78 is 5.39. The second-order valence-corrected chi connectivity index (χ2v) is 3.88. The first-order valence-electron chi connectivity index (χ1n) is 5.17. The van der Waals surface area contributed by atoms with Crippen LogP contribution in [0.4, 0.5) is 5.95 Å². The number of hydrogen-bond donors (Lipinski definition) is 2. The Morgan fingerprint density at radius 3 is 2.75 bits per heavy atom. The Balaban J connectivity index is 2.33. The minimum absolute atomic E-state index is 0.0543. The van der Waals surface area contributed by atoms with Crippen LogP contribution in [-0.2, 0) is 0 Å². The quantitative estimate of drug-likeness (QED) is 0.803. The van der Waals surface area contributed by atoms with Gasteiger partial charge in [-0.3, -0.25) is 0 Å². The summed E-state index contributed by atoms with van der Waals surface area (Å²) in [6, 6.07) is 0.0543. The number of aryl methyl sites for hydroxylation is 2. The molecule has 0 fully saturated rings. The van der Waals surface area contributed by atoms with Crippen LogP contribution >= 0.6 is 0 Å². The van der Waals surface area contributed by atoms with Crippen molar-refractivity contribution in [2.24, 2.45) is 5.73 Å². The van der Waals surface area contributed by atoms with E-state index in [0.29, 0.717) is 29.6 Å². The van der Waals surface area contributed by atoms with Gasteiger partial charge in [-0.1, -0.05) is 0 Å². The first-order chi connectivity index (χ1) is 7.56. The van der Waals surface area contributed by atoms with E-state index >= 15 is 0 Å². The van der Waals surface area contributed by atoms with Crippen LogP contribution in [0.2, 0.25) is 0 Å². The summed E-state index contributed by atoms with van der Waals surface area (Å²) in [4.78, 5) is 12.7. The van der Waals surface area contributed by atoms with Crippen LogP contribution in [-0.4, -0.2) is 27.5 Å². The molecule has 0 aliphatic carbocycles. The maximum absolute atomic E-state index is 5.64. The fraction of sp³-hybridized carbons (Fsp3) is 0.500. The Morgan fingerprint density at radius 2 is 2.06 bits per heavy atom. The van der Waals surface area contributed by atoms with Crippen molar-refractivity contribution in [3.05, 3.63) is 11.6 Å². The molecule has 16 heavy (non-hydrogen) atoms. The van der Waals surface area contributed by atoms with E-state index in [9.17, 15) is 0 Å². The lowest BCUT2D eigenvalue weighted by Crippen LogP contribution is -2.26. The molecule has 2 aromatic rings. The number of fused-ring (bicyclic) bond motifs is 1. The van der Waals surface area contributed by atoms with Gasteiger partial charge in [0.1, 0.15) is 0 Å². The molecule has 0 saturated carbocycles. The van der Waals surface area contributed by atoms with Gasteiger partial charge in [0.2, 0.25) is 11.6 Å². The molecule has 0 amide bonds. The van der Waals surface area contributed by atoms with Crippen molar-refractivity contribution < 1.29 is 4.42 Å². The van der Waals surface area contributed by atoms with Gasteiger partial charge in [-0.25, -0.2) is 4.98 Å². The van der Waals surface area contributed by atoms with Crippen LogP contribution in [0, 0.1) is 13.8 Å². The minimum Gasteiger partial charge on any atom is -0.437 e. The predicted molar refractivity (Wildman–Crippen MR) is 61.2 cm³/mol. The molecule has 0 aliphatic heterocycles. The second-order valence-electron chi connectivity index (χ2n) is 3.88. The first kappa shape index (κ1) is 10.8. The molecule has 0 aliphatic rings. The van der Waals surface area contributed by atoms with Crippen molar-refractivity contribution >= 4 is 17.2 Å². The molecular formula is C10H15N5O. The maximum atomic E-state index is 5.64. The van der Waals surface area contributed by atoms with E-state index in [-0.39, 0.29) is 6.04 Å². The molecule has 0 aromatic carbocycles. The smallest absolute Gasteiger partial charge is 0.225 e. The molecule has 6 nitrogen and oxygen atoms in total. The molecular weight excluding hydrogens is 206 g/mol. The van der Waals surface area contributed by atoms with Crippen molar-refractivity contribution in [1.29, 1.82) is 0 Å². The lowest BCUT2D eigenvalue weighted by molar-refractivity contribution is 0.557. The number of rotatable bonds is 3. The van der Waals surface area contributed by atoms with Crippen molar-refractivity contribution in [2.75, 3.05) is 11.9 Å². The van der Waals surface area contributed by atoms with Gasteiger partial charge >= 0.3 is 0 Å². The van der Waals surface area contributed by atoms with Gasteiger partial charge in [0.25, 0.3) is 0 Å². The highest BCUT2D eigenvalue weighted by Gasteiger charge is 2.10. The standard InChI is InChI=1S/C10H15N5O/c1-5(11)4-12-10-13-6(2)8-9(15-10)14-7(3)16-8/h5H,4,11H2,1-3H3,(H,12,13,15). The van der Waals surface area contributed by atoms with E-state index in [1.165, 1.54) is 0 Å². The zero-order chi connectivity index (χ0) is 11.7. The highest BCUT2D eigenvalue weighted by atomic mass is 16.3. The molecule has 0 bridgehead atoms. The van der Waals surface area contributed by atoms with Gasteiger partial charge in [-0.15, -0.1) is 0 Å². The normalized spacial score (nSPS) is 13.0. The summed E-state index contributed by atoms with van der Waals surface area (Å²) in [7, 11) is 0. The van der Waals surface area contributed by atoms with E-state index in [4.69, 9.17) is 10.2 Å². The third-order valence-electron chi connectivity index (χ3n) is 2.11. The average molecular weight is 221 g/mol. The molecule has 0 spiro atoms. The summed E-state index contributed by atoms with van der Waals surface area (Å²) >= 11 is 0. The molecule has 2 rings (SSSR count). The number of nitrogens with two attached hydrogens (primary N) is 1. The first-order valence-corrected chi connectivity index (χ1v) is 5.17. The largest absolute Gasteiger partial charge is 0.437 e. The molecule has 1 unspecified atom stereocenters. The molecule has 2 heterocycles. The summed E-state index contributed by atoms with van der Waals surface area (Å²) in [5, 5.41) is 3.06. The number of hydrogen-bond acceptors (Lipinski definition) is 6. The highest BCUT2D eigenvalue weighted by Crippen LogP contribution is 2.17. The van der Waals surface area contributed by atoms with Gasteiger partial charge in [0.15, 0.2) is 11.5 Å². The lowest BCUT2D eigenvalue weighted by atomic mass is 10.4. The fourth-order valence-electron chi connectivity index (χ4n) is 1.39. The second kappa shape index (κ2) is 4.05. The number of nitrogens with zero attached hydrogens (tertiary/aromatic N) is 3. The van der Waals surface area contributed by atoms with Crippen LogP contribution in [0.3, 0.4) is 0 Å². The summed E-state index contributed by atoms with van der Waals surface area (Å²) in [6.45, 7) is 6.20. The fourth-order valence-corrected chi connectivity index (χ4v) is 1.39. The third-order valence-corrected chi connectivity index (χ3v) is 2.11. The van der Waals surface area contributed by atoms with Crippen molar-refractivity contribution in [3.63, 3.8) is 0 Å². The SMILES string of the molecule is Cc1nc2nc(NCC(C)N)nc(C)c2o1. The Morgan fingerprint density at radius 1 is 1.31 bits per heavy atom. The summed E-state index contributed by atoms with van der Waals surface area (Å²) in [6.07, 6.45) is 0. The predicted octanol–water partition coefficient (Wildman–Crippen LogP) is 0.994. The van der Waals surface area contributed by atoms with Gasteiger partial charge in [0.05, 0.1) is 5.69 Å². The van der Waals surface area contributed by atoms with E-state index in [1.54, 1.807) is 6.92 Å². The van der Waals surface area contributed by atoms with E-state index in [1.807, 2.05) is 13.8 Å². The van der Waals surface area contributed by atoms with E-state index in [0.717, 1.165) is 5.69 Å². The Kier molecular flexibility index (Phi) is 2.74. The monoisotopic (exact) mass is 221 g/mol. The van der Waals surface area contributed by atoms with Crippen LogP contribution in [0.5, 0.6) is 0 Å². The molecule has 2 aromatic heterocycles. The number of anilines is 1.